The van der Waals surface area contributed by atoms with Crippen molar-refractivity contribution in [2.45, 2.75) is 26.3 Å². The number of H-pyrrole nitrogens is 1. The molecule has 3 heterocycles. The number of fused-ring (bicyclic) bond motifs is 1. The average Bonchev–Trinajstić information content (AvgIpc) is 2.96. The van der Waals surface area contributed by atoms with E-state index >= 15 is 0 Å². The van der Waals surface area contributed by atoms with Gasteiger partial charge in [-0.3, -0.25) is 9.78 Å². The summed E-state index contributed by atoms with van der Waals surface area (Å²) in [6, 6.07) is 0. The van der Waals surface area contributed by atoms with Crippen LogP contribution < -0.4 is 5.32 Å². The summed E-state index contributed by atoms with van der Waals surface area (Å²) in [6.45, 7) is 6.30. The predicted molar refractivity (Wildman–Crippen MR) is 72.2 cm³/mol. The van der Waals surface area contributed by atoms with Gasteiger partial charge < -0.3 is 5.32 Å². The fourth-order valence-corrected chi connectivity index (χ4v) is 1.76. The molecule has 19 heavy (non-hydrogen) atoms. The molecule has 0 saturated heterocycles. The van der Waals surface area contributed by atoms with Crippen molar-refractivity contribution in [1.29, 1.82) is 0 Å². The Morgan fingerprint density at radius 2 is 2.05 bits per heavy atom. The number of hydrogen-bond acceptors (Lipinski definition) is 5. The first kappa shape index (κ1) is 11.6. The summed E-state index contributed by atoms with van der Waals surface area (Å²) in [6.07, 6.45) is 6.93. The molecule has 0 unspecified atom stereocenters. The molecule has 0 spiro atoms. The van der Waals surface area contributed by atoms with E-state index in [9.17, 15) is 0 Å². The molecule has 0 aliphatic rings. The Labute approximate surface area is 110 Å². The van der Waals surface area contributed by atoms with Gasteiger partial charge in [0.15, 0.2) is 5.65 Å². The Kier molecular flexibility index (Phi) is 2.48. The molecule has 0 fully saturated rings. The Balaban J connectivity index is 1.93. The molecule has 0 bridgehead atoms. The van der Waals surface area contributed by atoms with Crippen molar-refractivity contribution in [2.24, 2.45) is 0 Å². The van der Waals surface area contributed by atoms with Crippen LogP contribution in [0.5, 0.6) is 0 Å². The lowest BCUT2D eigenvalue weighted by Crippen LogP contribution is -2.21. The second kappa shape index (κ2) is 4.04. The van der Waals surface area contributed by atoms with Crippen molar-refractivity contribution in [3.8, 4) is 0 Å². The van der Waals surface area contributed by atoms with Crippen molar-refractivity contribution >= 4 is 22.5 Å². The Morgan fingerprint density at radius 1 is 1.21 bits per heavy atom. The number of aromatic nitrogens is 6. The number of hydrogen-bond donors (Lipinski definition) is 2. The fourth-order valence-electron chi connectivity index (χ4n) is 1.76. The van der Waals surface area contributed by atoms with E-state index in [4.69, 9.17) is 0 Å². The minimum absolute atomic E-state index is 0.0451. The van der Waals surface area contributed by atoms with Crippen LogP contribution in [0.15, 0.2) is 24.9 Å². The first-order valence-electron chi connectivity index (χ1n) is 6.00. The number of rotatable bonds is 2. The third-order valence-electron chi connectivity index (χ3n) is 2.78. The van der Waals surface area contributed by atoms with Gasteiger partial charge in [0.25, 0.3) is 0 Å². The van der Waals surface area contributed by atoms with Crippen LogP contribution in [0.2, 0.25) is 0 Å². The molecule has 0 aliphatic heterocycles. The largest absolute Gasteiger partial charge is 0.337 e. The lowest BCUT2D eigenvalue weighted by atomic mass is 10.1. The van der Waals surface area contributed by atoms with E-state index in [-0.39, 0.29) is 5.54 Å². The smallest absolute Gasteiger partial charge is 0.160 e. The topological polar surface area (TPSA) is 84.3 Å². The van der Waals surface area contributed by atoms with E-state index in [1.54, 1.807) is 12.4 Å². The molecule has 0 aliphatic carbocycles. The zero-order chi connectivity index (χ0) is 13.5. The highest BCUT2D eigenvalue weighted by molar-refractivity contribution is 5.87. The molecule has 7 nitrogen and oxygen atoms in total. The summed E-state index contributed by atoms with van der Waals surface area (Å²) in [5, 5.41) is 15.2. The van der Waals surface area contributed by atoms with E-state index in [0.717, 1.165) is 11.1 Å². The third-order valence-corrected chi connectivity index (χ3v) is 2.78. The summed E-state index contributed by atoms with van der Waals surface area (Å²) in [5.74, 6) is 0.715. The monoisotopic (exact) mass is 257 g/mol. The van der Waals surface area contributed by atoms with Gasteiger partial charge in [0.05, 0.1) is 29.0 Å². The molecule has 3 aromatic heterocycles. The minimum atomic E-state index is -0.0451. The van der Waals surface area contributed by atoms with Crippen LogP contribution in [0.25, 0.3) is 11.0 Å². The van der Waals surface area contributed by atoms with Crippen molar-refractivity contribution < 1.29 is 0 Å². The van der Waals surface area contributed by atoms with Gasteiger partial charge in [-0.15, -0.1) is 0 Å². The quantitative estimate of drug-likeness (QED) is 0.734. The standard InChI is InChI=1S/C12H15N7/c1-12(2,3)19-6-8(4-16-19)17-10-9-5-15-18-11(9)14-7-13-10/h4-7H,1-3H3,(H2,13,14,15,17,18). The summed E-state index contributed by atoms with van der Waals surface area (Å²) in [7, 11) is 0. The van der Waals surface area contributed by atoms with Gasteiger partial charge >= 0.3 is 0 Å². The van der Waals surface area contributed by atoms with Crippen LogP contribution in [-0.2, 0) is 5.54 Å². The minimum Gasteiger partial charge on any atom is -0.337 e. The zero-order valence-corrected chi connectivity index (χ0v) is 11.0. The second-order valence-electron chi connectivity index (χ2n) is 5.32. The van der Waals surface area contributed by atoms with Crippen LogP contribution in [0.3, 0.4) is 0 Å². The van der Waals surface area contributed by atoms with E-state index in [1.807, 2.05) is 10.9 Å². The van der Waals surface area contributed by atoms with Gasteiger partial charge in [0.2, 0.25) is 0 Å². The molecule has 7 heteroatoms. The number of anilines is 2. The molecule has 0 atom stereocenters. The molecule has 98 valence electrons. The fraction of sp³-hybridized carbons (Fsp3) is 0.333. The highest BCUT2D eigenvalue weighted by Crippen LogP contribution is 2.22. The predicted octanol–water partition coefficient (Wildman–Crippen LogP) is 2.05. The van der Waals surface area contributed by atoms with Gasteiger partial charge in [-0.1, -0.05) is 0 Å². The van der Waals surface area contributed by atoms with Crippen LogP contribution in [0.1, 0.15) is 20.8 Å². The molecule has 0 radical (unpaired) electrons. The van der Waals surface area contributed by atoms with Crippen molar-refractivity contribution in [3.63, 3.8) is 0 Å². The first-order valence-corrected chi connectivity index (χ1v) is 6.00. The molecule has 0 aromatic carbocycles. The summed E-state index contributed by atoms with van der Waals surface area (Å²) in [5.41, 5.74) is 1.55. The summed E-state index contributed by atoms with van der Waals surface area (Å²) in [4.78, 5) is 8.32. The normalized spacial score (nSPS) is 11.9. The first-order chi connectivity index (χ1) is 9.04. The molecule has 2 N–H and O–H groups in total. The van der Waals surface area contributed by atoms with Gasteiger partial charge in [-0.2, -0.15) is 10.2 Å². The van der Waals surface area contributed by atoms with Crippen LogP contribution in [0, 0.1) is 0 Å². The van der Waals surface area contributed by atoms with Crippen molar-refractivity contribution in [1.82, 2.24) is 29.9 Å². The number of aromatic amines is 1. The average molecular weight is 257 g/mol. The van der Waals surface area contributed by atoms with Gasteiger partial charge in [0, 0.05) is 6.20 Å². The lowest BCUT2D eigenvalue weighted by molar-refractivity contribution is 0.355. The van der Waals surface area contributed by atoms with E-state index in [1.165, 1.54) is 6.33 Å². The van der Waals surface area contributed by atoms with Gasteiger partial charge in [0.1, 0.15) is 12.1 Å². The summed E-state index contributed by atoms with van der Waals surface area (Å²) >= 11 is 0. The third kappa shape index (κ3) is 2.14. The molecule has 0 amide bonds. The SMILES string of the molecule is CC(C)(C)n1cc(Nc2ncnc3[nH]ncc23)cn1. The van der Waals surface area contributed by atoms with Crippen molar-refractivity contribution in [3.05, 3.63) is 24.9 Å². The molecule has 3 rings (SSSR count). The molecular formula is C12H15N7. The maximum atomic E-state index is 4.34. The summed E-state index contributed by atoms with van der Waals surface area (Å²) < 4.78 is 1.91. The highest BCUT2D eigenvalue weighted by atomic mass is 15.3. The lowest BCUT2D eigenvalue weighted by Gasteiger charge is -2.18. The Hall–Kier alpha value is -2.44. The van der Waals surface area contributed by atoms with Crippen LogP contribution >= 0.6 is 0 Å². The number of nitrogens with zero attached hydrogens (tertiary/aromatic N) is 5. The molecular weight excluding hydrogens is 242 g/mol. The molecule has 0 saturated carbocycles. The van der Waals surface area contributed by atoms with Gasteiger partial charge in [-0.25, -0.2) is 9.97 Å². The van der Waals surface area contributed by atoms with E-state index in [0.29, 0.717) is 11.5 Å². The van der Waals surface area contributed by atoms with Crippen molar-refractivity contribution in [2.75, 3.05) is 5.32 Å². The van der Waals surface area contributed by atoms with Crippen LogP contribution in [-0.4, -0.2) is 29.9 Å². The molecule has 3 aromatic rings. The number of nitrogens with one attached hydrogen (secondary N) is 2. The maximum Gasteiger partial charge on any atom is 0.160 e. The zero-order valence-electron chi connectivity index (χ0n) is 11.0. The van der Waals surface area contributed by atoms with Crippen LogP contribution in [0.4, 0.5) is 11.5 Å². The second-order valence-corrected chi connectivity index (χ2v) is 5.32. The van der Waals surface area contributed by atoms with E-state index < -0.39 is 0 Å². The maximum absolute atomic E-state index is 4.34. The Morgan fingerprint density at radius 3 is 2.79 bits per heavy atom. The Bertz CT molecular complexity index is 704. The van der Waals surface area contributed by atoms with E-state index in [2.05, 4.69) is 51.4 Å². The highest BCUT2D eigenvalue weighted by Gasteiger charge is 2.14. The van der Waals surface area contributed by atoms with Gasteiger partial charge in [-0.05, 0) is 20.8 Å².